The summed E-state index contributed by atoms with van der Waals surface area (Å²) in [5.74, 6) is -1.17. The van der Waals surface area contributed by atoms with Crippen LogP contribution in [0.3, 0.4) is 0 Å². The molecule has 0 bridgehead atoms. The summed E-state index contributed by atoms with van der Waals surface area (Å²) in [6.07, 6.45) is 0.610. The SMILES string of the molecule is Cc1nn(C)c2cc(NC(=O)N3CC(C)CC(C(=O)O)C3)ccc12. The van der Waals surface area contributed by atoms with E-state index in [-0.39, 0.29) is 18.5 Å². The van der Waals surface area contributed by atoms with Crippen molar-refractivity contribution < 1.29 is 14.7 Å². The summed E-state index contributed by atoms with van der Waals surface area (Å²) in [7, 11) is 1.87. The van der Waals surface area contributed by atoms with Gasteiger partial charge in [0, 0.05) is 31.2 Å². The minimum Gasteiger partial charge on any atom is -0.481 e. The van der Waals surface area contributed by atoms with Gasteiger partial charge >= 0.3 is 12.0 Å². The van der Waals surface area contributed by atoms with Gasteiger partial charge in [-0.15, -0.1) is 0 Å². The van der Waals surface area contributed by atoms with Crippen LogP contribution in [0.5, 0.6) is 0 Å². The number of hydrogen-bond acceptors (Lipinski definition) is 3. The summed E-state index contributed by atoms with van der Waals surface area (Å²) in [5.41, 5.74) is 2.57. The number of benzene rings is 1. The molecule has 24 heavy (non-hydrogen) atoms. The molecule has 1 aromatic heterocycles. The number of carbonyl (C=O) groups is 2. The predicted molar refractivity (Wildman–Crippen MR) is 90.9 cm³/mol. The summed E-state index contributed by atoms with van der Waals surface area (Å²) in [6, 6.07) is 5.41. The smallest absolute Gasteiger partial charge is 0.321 e. The maximum atomic E-state index is 12.5. The number of fused-ring (bicyclic) bond motifs is 1. The Morgan fingerprint density at radius 2 is 2.08 bits per heavy atom. The van der Waals surface area contributed by atoms with Crippen molar-refractivity contribution in [1.82, 2.24) is 14.7 Å². The monoisotopic (exact) mass is 330 g/mol. The lowest BCUT2D eigenvalue weighted by Crippen LogP contribution is -2.47. The van der Waals surface area contributed by atoms with Crippen LogP contribution in [0.2, 0.25) is 0 Å². The minimum absolute atomic E-state index is 0.174. The second-order valence-corrected chi connectivity index (χ2v) is 6.65. The first-order valence-corrected chi connectivity index (χ1v) is 8.07. The molecule has 1 saturated heterocycles. The van der Waals surface area contributed by atoms with Crippen molar-refractivity contribution in [3.8, 4) is 0 Å². The van der Waals surface area contributed by atoms with Crippen molar-refractivity contribution in [2.24, 2.45) is 18.9 Å². The van der Waals surface area contributed by atoms with E-state index in [0.29, 0.717) is 18.7 Å². The molecule has 0 radical (unpaired) electrons. The van der Waals surface area contributed by atoms with Crippen LogP contribution in [-0.2, 0) is 11.8 Å². The van der Waals surface area contributed by atoms with Crippen LogP contribution < -0.4 is 5.32 Å². The quantitative estimate of drug-likeness (QED) is 0.885. The number of amides is 2. The van der Waals surface area contributed by atoms with Crippen LogP contribution >= 0.6 is 0 Å². The Hall–Kier alpha value is -2.57. The number of aryl methyl sites for hydroxylation is 2. The standard InChI is InChI=1S/C17H22N4O3/c1-10-6-12(16(22)23)9-21(8-10)17(24)18-13-4-5-14-11(2)19-20(3)15(14)7-13/h4-5,7,10,12H,6,8-9H2,1-3H3,(H,18,24)(H,22,23). The molecule has 7 nitrogen and oxygen atoms in total. The Balaban J connectivity index is 1.76. The summed E-state index contributed by atoms with van der Waals surface area (Å²) < 4.78 is 1.78. The molecule has 0 saturated carbocycles. The van der Waals surface area contributed by atoms with E-state index in [4.69, 9.17) is 0 Å². The number of piperidine rings is 1. The van der Waals surface area contributed by atoms with Gasteiger partial charge in [0.15, 0.2) is 0 Å². The number of nitrogens with one attached hydrogen (secondary N) is 1. The number of rotatable bonds is 2. The normalized spacial score (nSPS) is 21.0. The molecule has 2 aromatic rings. The number of aromatic nitrogens is 2. The number of carboxylic acids is 1. The average Bonchev–Trinajstić information content (AvgIpc) is 2.81. The number of carbonyl (C=O) groups excluding carboxylic acids is 1. The fourth-order valence-corrected chi connectivity index (χ4v) is 3.41. The number of hydrogen-bond donors (Lipinski definition) is 2. The molecule has 7 heteroatoms. The fraction of sp³-hybridized carbons (Fsp3) is 0.471. The van der Waals surface area contributed by atoms with Gasteiger partial charge in [-0.25, -0.2) is 4.79 Å². The Kier molecular flexibility index (Phi) is 4.17. The van der Waals surface area contributed by atoms with Gasteiger partial charge in [-0.1, -0.05) is 6.92 Å². The average molecular weight is 330 g/mol. The molecule has 1 aromatic carbocycles. The molecule has 2 amide bonds. The van der Waals surface area contributed by atoms with Crippen molar-refractivity contribution in [3.63, 3.8) is 0 Å². The molecule has 2 heterocycles. The number of aliphatic carboxylic acids is 1. The molecule has 128 valence electrons. The van der Waals surface area contributed by atoms with Crippen LogP contribution in [0.4, 0.5) is 10.5 Å². The van der Waals surface area contributed by atoms with Crippen LogP contribution in [-0.4, -0.2) is 44.9 Å². The number of urea groups is 1. The lowest BCUT2D eigenvalue weighted by atomic mass is 9.91. The molecule has 2 unspecified atom stereocenters. The molecule has 1 aliphatic rings. The third-order valence-electron chi connectivity index (χ3n) is 4.58. The lowest BCUT2D eigenvalue weighted by Gasteiger charge is -2.34. The number of anilines is 1. The molecular formula is C17H22N4O3. The van der Waals surface area contributed by atoms with E-state index in [0.717, 1.165) is 16.6 Å². The van der Waals surface area contributed by atoms with Gasteiger partial charge in [0.05, 0.1) is 17.1 Å². The van der Waals surface area contributed by atoms with Crippen molar-refractivity contribution in [1.29, 1.82) is 0 Å². The number of likely N-dealkylation sites (tertiary alicyclic amines) is 1. The lowest BCUT2D eigenvalue weighted by molar-refractivity contribution is -0.143. The highest BCUT2D eigenvalue weighted by atomic mass is 16.4. The van der Waals surface area contributed by atoms with Crippen LogP contribution in [0.25, 0.3) is 10.9 Å². The first-order chi connectivity index (χ1) is 11.3. The zero-order valence-corrected chi connectivity index (χ0v) is 14.1. The summed E-state index contributed by atoms with van der Waals surface area (Å²) in [6.45, 7) is 4.74. The van der Waals surface area contributed by atoms with Crippen LogP contribution in [0, 0.1) is 18.8 Å². The highest BCUT2D eigenvalue weighted by molar-refractivity contribution is 5.93. The summed E-state index contributed by atoms with van der Waals surface area (Å²) >= 11 is 0. The Morgan fingerprint density at radius 3 is 2.79 bits per heavy atom. The van der Waals surface area contributed by atoms with Crippen LogP contribution in [0.1, 0.15) is 19.0 Å². The molecule has 0 aliphatic carbocycles. The van der Waals surface area contributed by atoms with Gasteiger partial charge in [0.25, 0.3) is 0 Å². The molecule has 1 aliphatic heterocycles. The first kappa shape index (κ1) is 16.3. The molecule has 0 spiro atoms. The van der Waals surface area contributed by atoms with Crippen molar-refractivity contribution in [2.45, 2.75) is 20.3 Å². The Bertz CT molecular complexity index is 798. The summed E-state index contributed by atoms with van der Waals surface area (Å²) in [5, 5.41) is 17.5. The van der Waals surface area contributed by atoms with Gasteiger partial charge in [0.1, 0.15) is 0 Å². The van der Waals surface area contributed by atoms with Crippen molar-refractivity contribution >= 4 is 28.6 Å². The van der Waals surface area contributed by atoms with Crippen LogP contribution in [0.15, 0.2) is 18.2 Å². The third-order valence-corrected chi connectivity index (χ3v) is 4.58. The topological polar surface area (TPSA) is 87.5 Å². The van der Waals surface area contributed by atoms with E-state index < -0.39 is 11.9 Å². The first-order valence-electron chi connectivity index (χ1n) is 8.07. The molecule has 3 rings (SSSR count). The van der Waals surface area contributed by atoms with Gasteiger partial charge in [-0.2, -0.15) is 5.10 Å². The van der Waals surface area contributed by atoms with Gasteiger partial charge in [0.2, 0.25) is 0 Å². The zero-order chi connectivity index (χ0) is 17.4. The maximum Gasteiger partial charge on any atom is 0.321 e. The maximum absolute atomic E-state index is 12.5. The Morgan fingerprint density at radius 1 is 1.33 bits per heavy atom. The third kappa shape index (κ3) is 3.06. The second-order valence-electron chi connectivity index (χ2n) is 6.65. The highest BCUT2D eigenvalue weighted by Gasteiger charge is 2.31. The van der Waals surface area contributed by atoms with Gasteiger partial charge < -0.3 is 15.3 Å². The minimum atomic E-state index is -0.842. The van der Waals surface area contributed by atoms with Gasteiger partial charge in [-0.05, 0) is 37.5 Å². The van der Waals surface area contributed by atoms with Crippen molar-refractivity contribution in [3.05, 3.63) is 23.9 Å². The van der Waals surface area contributed by atoms with E-state index in [1.807, 2.05) is 39.1 Å². The molecule has 2 N–H and O–H groups in total. The highest BCUT2D eigenvalue weighted by Crippen LogP contribution is 2.24. The van der Waals surface area contributed by atoms with E-state index in [2.05, 4.69) is 10.4 Å². The van der Waals surface area contributed by atoms with E-state index >= 15 is 0 Å². The van der Waals surface area contributed by atoms with E-state index in [1.165, 1.54) is 0 Å². The molecule has 1 fully saturated rings. The zero-order valence-electron chi connectivity index (χ0n) is 14.1. The number of carboxylic acid groups (broad SMARTS) is 1. The van der Waals surface area contributed by atoms with Crippen molar-refractivity contribution in [2.75, 3.05) is 18.4 Å². The number of nitrogens with zero attached hydrogens (tertiary/aromatic N) is 3. The van der Waals surface area contributed by atoms with Gasteiger partial charge in [-0.3, -0.25) is 9.48 Å². The molecular weight excluding hydrogens is 308 g/mol. The largest absolute Gasteiger partial charge is 0.481 e. The van der Waals surface area contributed by atoms with E-state index in [1.54, 1.807) is 9.58 Å². The molecule has 2 atom stereocenters. The predicted octanol–water partition coefficient (Wildman–Crippen LogP) is 2.46. The second kappa shape index (κ2) is 6.14. The summed E-state index contributed by atoms with van der Waals surface area (Å²) in [4.78, 5) is 25.3. The van der Waals surface area contributed by atoms with E-state index in [9.17, 15) is 14.7 Å². The Labute approximate surface area is 140 Å². The fourth-order valence-electron chi connectivity index (χ4n) is 3.41.